The first-order chi connectivity index (χ1) is 10.2. The highest BCUT2D eigenvalue weighted by Crippen LogP contribution is 2.22. The fourth-order valence-corrected chi connectivity index (χ4v) is 2.05. The topological polar surface area (TPSA) is 53.7 Å². The van der Waals surface area contributed by atoms with Crippen LogP contribution in [0.1, 0.15) is 37.0 Å². The summed E-state index contributed by atoms with van der Waals surface area (Å²) in [5.74, 6) is 0. The molecule has 0 saturated heterocycles. The molecule has 0 heterocycles. The van der Waals surface area contributed by atoms with Gasteiger partial charge in [-0.25, -0.2) is 0 Å². The van der Waals surface area contributed by atoms with Gasteiger partial charge in [0.1, 0.15) is 0 Å². The minimum Gasteiger partial charge on any atom is -0.382 e. The van der Waals surface area contributed by atoms with Gasteiger partial charge in [0.2, 0.25) is 0 Å². The molecule has 0 bridgehead atoms. The van der Waals surface area contributed by atoms with Gasteiger partial charge in [-0.1, -0.05) is 36.8 Å². The molecule has 0 aliphatic rings. The highest BCUT2D eigenvalue weighted by atomic mass is 16.5. The van der Waals surface area contributed by atoms with E-state index in [0.717, 1.165) is 18.4 Å². The fraction of sp³-hybridized carbons (Fsp3) is 0.647. The van der Waals surface area contributed by atoms with Crippen molar-refractivity contribution < 1.29 is 14.2 Å². The van der Waals surface area contributed by atoms with Gasteiger partial charge >= 0.3 is 0 Å². The van der Waals surface area contributed by atoms with Gasteiger partial charge in [0.25, 0.3) is 0 Å². The van der Waals surface area contributed by atoms with Crippen LogP contribution in [-0.4, -0.2) is 39.6 Å². The van der Waals surface area contributed by atoms with Crippen molar-refractivity contribution in [3.8, 4) is 0 Å². The van der Waals surface area contributed by atoms with Gasteiger partial charge < -0.3 is 19.9 Å². The third kappa shape index (κ3) is 7.05. The molecule has 1 aromatic carbocycles. The number of nitrogens with two attached hydrogens (primary N) is 1. The molecule has 0 aromatic heterocycles. The van der Waals surface area contributed by atoms with Crippen molar-refractivity contribution in [2.45, 2.75) is 38.8 Å². The van der Waals surface area contributed by atoms with Crippen molar-refractivity contribution in [2.75, 3.05) is 33.5 Å². The van der Waals surface area contributed by atoms with E-state index in [-0.39, 0.29) is 12.1 Å². The second kappa shape index (κ2) is 10.7. The van der Waals surface area contributed by atoms with Gasteiger partial charge in [-0.05, 0) is 25.3 Å². The van der Waals surface area contributed by atoms with Crippen LogP contribution in [0.15, 0.2) is 24.3 Å². The van der Waals surface area contributed by atoms with E-state index in [0.29, 0.717) is 26.4 Å². The lowest BCUT2D eigenvalue weighted by Crippen LogP contribution is -2.30. The first-order valence-electron chi connectivity index (χ1n) is 7.69. The third-order valence-corrected chi connectivity index (χ3v) is 3.43. The zero-order valence-corrected chi connectivity index (χ0v) is 13.5. The van der Waals surface area contributed by atoms with Gasteiger partial charge in [-0.3, -0.25) is 0 Å². The predicted octanol–water partition coefficient (Wildman–Crippen LogP) is 2.84. The number of hydrogen-bond donors (Lipinski definition) is 1. The molecule has 21 heavy (non-hydrogen) atoms. The molecular formula is C17H29NO3. The van der Waals surface area contributed by atoms with Crippen LogP contribution in [0.5, 0.6) is 0 Å². The molecule has 120 valence electrons. The van der Waals surface area contributed by atoms with E-state index >= 15 is 0 Å². The molecular weight excluding hydrogens is 266 g/mol. The largest absolute Gasteiger partial charge is 0.382 e. The van der Waals surface area contributed by atoms with E-state index in [2.05, 4.69) is 38.1 Å². The van der Waals surface area contributed by atoms with Crippen molar-refractivity contribution in [1.82, 2.24) is 0 Å². The summed E-state index contributed by atoms with van der Waals surface area (Å²) in [7, 11) is 1.67. The van der Waals surface area contributed by atoms with Gasteiger partial charge in [0.05, 0.1) is 19.3 Å². The van der Waals surface area contributed by atoms with Crippen LogP contribution in [0, 0.1) is 6.92 Å². The van der Waals surface area contributed by atoms with Crippen molar-refractivity contribution in [3.05, 3.63) is 35.4 Å². The Morgan fingerprint density at radius 3 is 2.38 bits per heavy atom. The second-order valence-electron chi connectivity index (χ2n) is 5.23. The lowest BCUT2D eigenvalue weighted by atomic mass is 10.00. The average Bonchev–Trinajstić information content (AvgIpc) is 2.50. The van der Waals surface area contributed by atoms with Crippen LogP contribution in [0.3, 0.4) is 0 Å². The van der Waals surface area contributed by atoms with E-state index in [1.807, 2.05) is 0 Å². The quantitative estimate of drug-likeness (QED) is 0.638. The lowest BCUT2D eigenvalue weighted by Gasteiger charge is -2.24. The number of benzene rings is 1. The van der Waals surface area contributed by atoms with E-state index < -0.39 is 0 Å². The smallest absolute Gasteiger partial charge is 0.0975 e. The third-order valence-electron chi connectivity index (χ3n) is 3.43. The Bertz CT molecular complexity index is 367. The lowest BCUT2D eigenvalue weighted by molar-refractivity contribution is 0.0113. The highest BCUT2D eigenvalue weighted by Gasteiger charge is 2.18. The number of aryl methyl sites for hydroxylation is 1. The summed E-state index contributed by atoms with van der Waals surface area (Å²) in [5.41, 5.74) is 8.59. The molecule has 0 radical (unpaired) electrons. The van der Waals surface area contributed by atoms with E-state index in [1.165, 1.54) is 5.56 Å². The molecule has 4 nitrogen and oxygen atoms in total. The first kappa shape index (κ1) is 18.1. The molecule has 0 aliphatic carbocycles. The standard InChI is InChI=1S/C17H29NO3/c1-4-16(18)17(15-8-6-14(2)7-9-15)21-11-5-10-20-13-12-19-3/h6-9,16-17H,4-5,10-13,18H2,1-3H3. The summed E-state index contributed by atoms with van der Waals surface area (Å²) >= 11 is 0. The van der Waals surface area contributed by atoms with Gasteiger partial charge in [-0.2, -0.15) is 0 Å². The van der Waals surface area contributed by atoms with Crippen molar-refractivity contribution >= 4 is 0 Å². The van der Waals surface area contributed by atoms with Gasteiger partial charge in [-0.15, -0.1) is 0 Å². The van der Waals surface area contributed by atoms with Crippen LogP contribution in [0.25, 0.3) is 0 Å². The SMILES string of the molecule is CCC(N)C(OCCCOCCOC)c1ccc(C)cc1. The van der Waals surface area contributed by atoms with Crippen molar-refractivity contribution in [2.24, 2.45) is 5.73 Å². The Morgan fingerprint density at radius 2 is 1.76 bits per heavy atom. The first-order valence-corrected chi connectivity index (χ1v) is 7.69. The Morgan fingerprint density at radius 1 is 1.05 bits per heavy atom. The van der Waals surface area contributed by atoms with E-state index in [4.69, 9.17) is 19.9 Å². The van der Waals surface area contributed by atoms with E-state index in [9.17, 15) is 0 Å². The zero-order chi connectivity index (χ0) is 15.5. The number of methoxy groups -OCH3 is 1. The minimum absolute atomic E-state index is 0.0158. The molecule has 0 fully saturated rings. The molecule has 2 unspecified atom stereocenters. The molecule has 0 amide bonds. The van der Waals surface area contributed by atoms with Crippen molar-refractivity contribution in [1.29, 1.82) is 0 Å². The maximum absolute atomic E-state index is 6.19. The summed E-state index contributed by atoms with van der Waals surface area (Å²) in [6, 6.07) is 8.42. The second-order valence-corrected chi connectivity index (χ2v) is 5.23. The molecule has 4 heteroatoms. The van der Waals surface area contributed by atoms with Gasteiger partial charge in [0, 0.05) is 26.4 Å². The van der Waals surface area contributed by atoms with Crippen LogP contribution >= 0.6 is 0 Å². The summed E-state index contributed by atoms with van der Waals surface area (Å²) in [6.07, 6.45) is 1.71. The monoisotopic (exact) mass is 295 g/mol. The summed E-state index contributed by atoms with van der Waals surface area (Å²) < 4.78 is 16.3. The summed E-state index contributed by atoms with van der Waals surface area (Å²) in [5, 5.41) is 0. The Balaban J connectivity index is 2.39. The van der Waals surface area contributed by atoms with Crippen molar-refractivity contribution in [3.63, 3.8) is 0 Å². The Kier molecular flexibility index (Phi) is 9.26. The van der Waals surface area contributed by atoms with Crippen LogP contribution in [0.2, 0.25) is 0 Å². The van der Waals surface area contributed by atoms with Crippen LogP contribution in [0.4, 0.5) is 0 Å². The Labute approximate surface area is 128 Å². The molecule has 1 aromatic rings. The number of rotatable bonds is 11. The van der Waals surface area contributed by atoms with E-state index in [1.54, 1.807) is 7.11 Å². The number of ether oxygens (including phenoxy) is 3. The molecule has 2 N–H and O–H groups in total. The average molecular weight is 295 g/mol. The van der Waals surface area contributed by atoms with Crippen LogP contribution < -0.4 is 5.73 Å². The zero-order valence-electron chi connectivity index (χ0n) is 13.5. The molecule has 2 atom stereocenters. The predicted molar refractivity (Wildman–Crippen MR) is 85.5 cm³/mol. The summed E-state index contributed by atoms with van der Waals surface area (Å²) in [4.78, 5) is 0. The molecule has 0 aliphatic heterocycles. The molecule has 0 saturated carbocycles. The summed E-state index contributed by atoms with van der Waals surface area (Å²) in [6.45, 7) is 6.77. The Hall–Kier alpha value is -0.940. The van der Waals surface area contributed by atoms with Gasteiger partial charge in [0.15, 0.2) is 0 Å². The minimum atomic E-state index is -0.0467. The maximum Gasteiger partial charge on any atom is 0.0975 e. The fourth-order valence-electron chi connectivity index (χ4n) is 2.05. The maximum atomic E-state index is 6.19. The molecule has 0 spiro atoms. The van der Waals surface area contributed by atoms with Crippen LogP contribution in [-0.2, 0) is 14.2 Å². The number of hydrogen-bond acceptors (Lipinski definition) is 4. The molecule has 1 rings (SSSR count). The highest BCUT2D eigenvalue weighted by molar-refractivity contribution is 5.24. The normalized spacial score (nSPS) is 14.1.